The van der Waals surface area contributed by atoms with Gasteiger partial charge in [0, 0.05) is 30.7 Å². The van der Waals surface area contributed by atoms with Crippen molar-refractivity contribution in [2.24, 2.45) is 0 Å². The fourth-order valence-electron chi connectivity index (χ4n) is 5.01. The molecule has 6 heteroatoms. The highest BCUT2D eigenvalue weighted by atomic mass is 16.1. The van der Waals surface area contributed by atoms with E-state index < -0.39 is 0 Å². The molecular formula is C26H35N5O. The molecule has 2 atom stereocenters. The molecule has 1 aromatic carbocycles. The van der Waals surface area contributed by atoms with Crippen molar-refractivity contribution >= 4 is 16.9 Å². The van der Waals surface area contributed by atoms with Gasteiger partial charge in [0.15, 0.2) is 0 Å². The van der Waals surface area contributed by atoms with Crippen LogP contribution in [-0.2, 0) is 13.0 Å². The largest absolute Gasteiger partial charge is 0.384 e. The van der Waals surface area contributed by atoms with Crippen LogP contribution < -0.4 is 11.3 Å². The standard InChI is InChI=1S/C26H35N5O/c1-19-10-8-11-20(2)30(19)16-6-3-7-17-31-24-14-5-4-13-22(24)29-23(26(31)32)18-21-12-9-15-25(27)28-21/h4-5,9,12-15,19-20H,3,6-8,10-11,16-18H2,1-2H3,(H2,27,28)/t19-,20+. The van der Waals surface area contributed by atoms with Crippen molar-refractivity contribution in [2.75, 3.05) is 12.3 Å². The number of hydrogen-bond acceptors (Lipinski definition) is 5. The molecular weight excluding hydrogens is 398 g/mol. The van der Waals surface area contributed by atoms with E-state index >= 15 is 0 Å². The van der Waals surface area contributed by atoms with E-state index in [9.17, 15) is 4.79 Å². The Labute approximate surface area is 190 Å². The number of piperidine rings is 1. The van der Waals surface area contributed by atoms with Gasteiger partial charge in [-0.15, -0.1) is 0 Å². The monoisotopic (exact) mass is 433 g/mol. The van der Waals surface area contributed by atoms with Gasteiger partial charge in [-0.05, 0) is 70.3 Å². The summed E-state index contributed by atoms with van der Waals surface area (Å²) >= 11 is 0. The predicted molar refractivity (Wildman–Crippen MR) is 131 cm³/mol. The highest BCUT2D eigenvalue weighted by molar-refractivity contribution is 5.74. The molecule has 4 rings (SSSR count). The third kappa shape index (κ3) is 5.18. The molecule has 170 valence electrons. The summed E-state index contributed by atoms with van der Waals surface area (Å²) in [4.78, 5) is 25.0. The zero-order chi connectivity index (χ0) is 22.5. The molecule has 2 aromatic heterocycles. The van der Waals surface area contributed by atoms with Crippen molar-refractivity contribution < 1.29 is 0 Å². The molecule has 2 N–H and O–H groups in total. The van der Waals surface area contributed by atoms with Crippen molar-refractivity contribution in [1.82, 2.24) is 19.4 Å². The first-order valence-corrected chi connectivity index (χ1v) is 12.0. The van der Waals surface area contributed by atoms with Gasteiger partial charge >= 0.3 is 0 Å². The Morgan fingerprint density at radius 3 is 2.47 bits per heavy atom. The lowest BCUT2D eigenvalue weighted by Crippen LogP contribution is -2.44. The van der Waals surface area contributed by atoms with Gasteiger partial charge in [0.25, 0.3) is 5.56 Å². The van der Waals surface area contributed by atoms with Crippen LogP contribution in [0.1, 0.15) is 63.8 Å². The van der Waals surface area contributed by atoms with E-state index in [1.807, 2.05) is 41.0 Å². The highest BCUT2D eigenvalue weighted by Gasteiger charge is 2.23. The number of nitrogens with zero attached hydrogens (tertiary/aromatic N) is 4. The van der Waals surface area contributed by atoms with Crippen LogP contribution in [0.5, 0.6) is 0 Å². The normalized spacial score (nSPS) is 19.4. The zero-order valence-corrected chi connectivity index (χ0v) is 19.3. The Bertz CT molecular complexity index is 1100. The maximum Gasteiger partial charge on any atom is 0.273 e. The van der Waals surface area contributed by atoms with Gasteiger partial charge in [-0.2, -0.15) is 0 Å². The Morgan fingerprint density at radius 1 is 0.938 bits per heavy atom. The quantitative estimate of drug-likeness (QED) is 0.533. The first-order valence-electron chi connectivity index (χ1n) is 12.0. The summed E-state index contributed by atoms with van der Waals surface area (Å²) in [6, 6.07) is 14.8. The van der Waals surface area contributed by atoms with E-state index in [0.717, 1.165) is 36.1 Å². The lowest BCUT2D eigenvalue weighted by Gasteiger charge is -2.39. The minimum absolute atomic E-state index is 0.0220. The molecule has 3 heterocycles. The minimum atomic E-state index is -0.0220. The topological polar surface area (TPSA) is 77.0 Å². The maximum atomic E-state index is 13.3. The Balaban J connectivity index is 1.45. The Hall–Kier alpha value is -2.73. The number of nitrogens with two attached hydrogens (primary N) is 1. The molecule has 1 aliphatic rings. The summed E-state index contributed by atoms with van der Waals surface area (Å²) in [7, 11) is 0. The van der Waals surface area contributed by atoms with Gasteiger partial charge in [0.2, 0.25) is 0 Å². The molecule has 32 heavy (non-hydrogen) atoms. The number of likely N-dealkylation sites (tertiary alicyclic amines) is 1. The van der Waals surface area contributed by atoms with E-state index in [-0.39, 0.29) is 5.56 Å². The number of anilines is 1. The number of nitrogen functional groups attached to an aromatic ring is 1. The molecule has 0 aliphatic carbocycles. The molecule has 0 saturated carbocycles. The van der Waals surface area contributed by atoms with Gasteiger partial charge in [0.05, 0.1) is 11.0 Å². The van der Waals surface area contributed by atoms with Crippen LogP contribution in [-0.4, -0.2) is 38.1 Å². The van der Waals surface area contributed by atoms with Crippen molar-refractivity contribution in [3.63, 3.8) is 0 Å². The second-order valence-corrected chi connectivity index (χ2v) is 9.16. The third-order valence-electron chi connectivity index (χ3n) is 6.77. The van der Waals surface area contributed by atoms with E-state index in [2.05, 4.69) is 28.7 Å². The van der Waals surface area contributed by atoms with Gasteiger partial charge in [0.1, 0.15) is 11.5 Å². The molecule has 0 spiro atoms. The summed E-state index contributed by atoms with van der Waals surface area (Å²) in [5, 5.41) is 0. The average Bonchev–Trinajstić information content (AvgIpc) is 2.77. The van der Waals surface area contributed by atoms with Crippen LogP contribution in [0, 0.1) is 0 Å². The molecule has 0 amide bonds. The lowest BCUT2D eigenvalue weighted by atomic mass is 9.97. The van der Waals surface area contributed by atoms with Gasteiger partial charge in [-0.25, -0.2) is 9.97 Å². The third-order valence-corrected chi connectivity index (χ3v) is 6.77. The maximum absolute atomic E-state index is 13.3. The lowest BCUT2D eigenvalue weighted by molar-refractivity contribution is 0.101. The molecule has 0 radical (unpaired) electrons. The van der Waals surface area contributed by atoms with E-state index in [4.69, 9.17) is 5.73 Å². The zero-order valence-electron chi connectivity index (χ0n) is 19.3. The number of para-hydroxylation sites is 2. The number of aryl methyl sites for hydroxylation is 1. The number of hydrogen-bond donors (Lipinski definition) is 1. The molecule has 0 bridgehead atoms. The average molecular weight is 434 g/mol. The van der Waals surface area contributed by atoms with Gasteiger partial charge in [-0.3, -0.25) is 9.69 Å². The van der Waals surface area contributed by atoms with Crippen LogP contribution in [0.2, 0.25) is 0 Å². The molecule has 3 aromatic rings. The van der Waals surface area contributed by atoms with Crippen molar-refractivity contribution in [3.8, 4) is 0 Å². The van der Waals surface area contributed by atoms with Crippen molar-refractivity contribution in [1.29, 1.82) is 0 Å². The molecule has 6 nitrogen and oxygen atoms in total. The van der Waals surface area contributed by atoms with E-state index in [0.29, 0.717) is 36.6 Å². The molecule has 0 unspecified atom stereocenters. The van der Waals surface area contributed by atoms with Crippen molar-refractivity contribution in [2.45, 2.75) is 77.4 Å². The first-order chi connectivity index (χ1) is 15.5. The van der Waals surface area contributed by atoms with Crippen molar-refractivity contribution in [3.05, 3.63) is 64.2 Å². The number of unbranched alkanes of at least 4 members (excludes halogenated alkanes) is 2. The van der Waals surface area contributed by atoms with Gasteiger partial charge in [-0.1, -0.05) is 31.0 Å². The molecule has 1 aliphatic heterocycles. The fourth-order valence-corrected chi connectivity index (χ4v) is 5.01. The SMILES string of the molecule is C[C@@H]1CCC[C@H](C)N1CCCCCn1c(=O)c(Cc2cccc(N)n2)nc2ccccc21. The Morgan fingerprint density at radius 2 is 1.69 bits per heavy atom. The van der Waals surface area contributed by atoms with Crippen LogP contribution in [0.3, 0.4) is 0 Å². The van der Waals surface area contributed by atoms with Crippen LogP contribution in [0.15, 0.2) is 47.3 Å². The second kappa shape index (κ2) is 10.3. The van der Waals surface area contributed by atoms with E-state index in [1.54, 1.807) is 6.07 Å². The molecule has 1 saturated heterocycles. The van der Waals surface area contributed by atoms with E-state index in [1.165, 1.54) is 25.7 Å². The van der Waals surface area contributed by atoms with Crippen LogP contribution in [0.4, 0.5) is 5.82 Å². The number of aromatic nitrogens is 3. The summed E-state index contributed by atoms with van der Waals surface area (Å²) in [6.07, 6.45) is 7.64. The first kappa shape index (κ1) is 22.5. The fraction of sp³-hybridized carbons (Fsp3) is 0.500. The number of rotatable bonds is 8. The number of fused-ring (bicyclic) bond motifs is 1. The molecule has 1 fully saturated rings. The van der Waals surface area contributed by atoms with Crippen LogP contribution in [0.25, 0.3) is 11.0 Å². The Kier molecular flexibility index (Phi) is 7.20. The summed E-state index contributed by atoms with van der Waals surface area (Å²) in [5.74, 6) is 0.459. The minimum Gasteiger partial charge on any atom is -0.384 e. The highest BCUT2D eigenvalue weighted by Crippen LogP contribution is 2.23. The summed E-state index contributed by atoms with van der Waals surface area (Å²) in [5.41, 5.74) is 8.84. The second-order valence-electron chi connectivity index (χ2n) is 9.16. The van der Waals surface area contributed by atoms with Gasteiger partial charge < -0.3 is 10.3 Å². The number of pyridine rings is 1. The summed E-state index contributed by atoms with van der Waals surface area (Å²) < 4.78 is 1.90. The smallest absolute Gasteiger partial charge is 0.273 e. The predicted octanol–water partition coefficient (Wildman–Crippen LogP) is 4.40. The van der Waals surface area contributed by atoms with Crippen LogP contribution >= 0.6 is 0 Å². The number of benzene rings is 1. The summed E-state index contributed by atoms with van der Waals surface area (Å²) in [6.45, 7) is 6.58.